The van der Waals surface area contributed by atoms with Gasteiger partial charge in [-0.1, -0.05) is 13.8 Å². The van der Waals surface area contributed by atoms with Crippen LogP contribution in [0.25, 0.3) is 55.7 Å². The summed E-state index contributed by atoms with van der Waals surface area (Å²) in [6.45, 7) is 5.54. The summed E-state index contributed by atoms with van der Waals surface area (Å²) in [7, 11) is 4.00. The van der Waals surface area contributed by atoms with E-state index in [4.69, 9.17) is 0 Å². The Bertz CT molecular complexity index is 1960. The van der Waals surface area contributed by atoms with Crippen molar-refractivity contribution >= 4 is 39.3 Å². The first-order valence-corrected chi connectivity index (χ1v) is 14.5. The summed E-state index contributed by atoms with van der Waals surface area (Å²) in [6, 6.07) is 12.7. The van der Waals surface area contributed by atoms with E-state index in [2.05, 4.69) is 45.7 Å². The quantitative estimate of drug-likeness (QED) is 0.147. The lowest BCUT2D eigenvalue weighted by atomic mass is 10.0. The molecule has 0 aliphatic carbocycles. The van der Waals surface area contributed by atoms with Crippen LogP contribution in [-0.4, -0.2) is 68.1 Å². The van der Waals surface area contributed by atoms with Crippen LogP contribution in [0.15, 0.2) is 67.3 Å². The third-order valence-corrected chi connectivity index (χ3v) is 7.25. The summed E-state index contributed by atoms with van der Waals surface area (Å²) in [4.78, 5) is 31.2. The number of H-pyrrole nitrogens is 2. The Morgan fingerprint density at radius 1 is 0.932 bits per heavy atom. The van der Waals surface area contributed by atoms with Gasteiger partial charge < -0.3 is 20.5 Å². The highest BCUT2D eigenvalue weighted by atomic mass is 19.1. The van der Waals surface area contributed by atoms with E-state index in [0.717, 1.165) is 51.0 Å². The Morgan fingerprint density at radius 3 is 2.57 bits per heavy atom. The molecule has 0 saturated carbocycles. The van der Waals surface area contributed by atoms with Crippen molar-refractivity contribution in [2.75, 3.05) is 37.8 Å². The predicted octanol–water partition coefficient (Wildman–Crippen LogP) is 6.33. The van der Waals surface area contributed by atoms with Gasteiger partial charge in [0.2, 0.25) is 5.91 Å². The zero-order chi connectivity index (χ0) is 30.8. The summed E-state index contributed by atoms with van der Waals surface area (Å²) in [5, 5.41) is 15.5. The fraction of sp³-hybridized carbons (Fsp3) is 0.242. The van der Waals surface area contributed by atoms with E-state index in [0.29, 0.717) is 35.6 Å². The molecule has 6 aromatic rings. The maximum Gasteiger partial charge on any atom is 0.224 e. The number of rotatable bonds is 10. The molecule has 6 rings (SSSR count). The molecule has 0 radical (unpaired) electrons. The number of likely N-dealkylation sites (N-methyl/N-ethyl adjacent to an activating group) is 1. The summed E-state index contributed by atoms with van der Waals surface area (Å²) in [5.74, 6) is -0.105. The van der Waals surface area contributed by atoms with Crippen LogP contribution < -0.4 is 10.6 Å². The number of pyridine rings is 3. The molecule has 0 aliphatic rings. The highest BCUT2D eigenvalue weighted by Crippen LogP contribution is 2.35. The van der Waals surface area contributed by atoms with E-state index in [1.54, 1.807) is 24.8 Å². The largest absolute Gasteiger partial charge is 0.384 e. The van der Waals surface area contributed by atoms with Gasteiger partial charge in [0.05, 0.1) is 17.6 Å². The number of carbonyl (C=O) groups excluding carboxylic acids is 1. The highest BCUT2D eigenvalue weighted by molar-refractivity contribution is 6.00. The van der Waals surface area contributed by atoms with E-state index in [1.807, 2.05) is 58.3 Å². The molecule has 1 aromatic carbocycles. The topological polar surface area (TPSA) is 128 Å². The van der Waals surface area contributed by atoms with Crippen LogP contribution >= 0.6 is 0 Å². The van der Waals surface area contributed by atoms with Gasteiger partial charge in [0.25, 0.3) is 0 Å². The SMILES string of the molecule is CC(C)CC(=O)Nc1cncc(-c2cnc3[nH]nc(-c4cc5c(-c6cc(F)cc(NCCN(C)C)c6)ccnc5[nH]4)c3c2)c1. The van der Waals surface area contributed by atoms with Crippen molar-refractivity contribution in [2.45, 2.75) is 20.3 Å². The van der Waals surface area contributed by atoms with Gasteiger partial charge in [0.15, 0.2) is 5.65 Å². The Morgan fingerprint density at radius 2 is 1.75 bits per heavy atom. The van der Waals surface area contributed by atoms with Gasteiger partial charge in [0, 0.05) is 65.7 Å². The predicted molar refractivity (Wildman–Crippen MR) is 173 cm³/mol. The van der Waals surface area contributed by atoms with Crippen LogP contribution in [0.2, 0.25) is 0 Å². The first-order chi connectivity index (χ1) is 21.2. The lowest BCUT2D eigenvalue weighted by molar-refractivity contribution is -0.116. The number of benzene rings is 1. The minimum Gasteiger partial charge on any atom is -0.384 e. The van der Waals surface area contributed by atoms with Crippen LogP contribution in [0.4, 0.5) is 15.8 Å². The van der Waals surface area contributed by atoms with Crippen LogP contribution in [0.3, 0.4) is 0 Å². The van der Waals surface area contributed by atoms with Crippen LogP contribution in [0.5, 0.6) is 0 Å². The van der Waals surface area contributed by atoms with Gasteiger partial charge in [-0.25, -0.2) is 14.4 Å². The summed E-state index contributed by atoms with van der Waals surface area (Å²) >= 11 is 0. The molecule has 224 valence electrons. The minimum atomic E-state index is -0.314. The van der Waals surface area contributed by atoms with E-state index in [1.165, 1.54) is 12.1 Å². The first-order valence-electron chi connectivity index (χ1n) is 14.5. The number of aromatic amines is 2. The average Bonchev–Trinajstić information content (AvgIpc) is 3.60. The van der Waals surface area contributed by atoms with Crippen molar-refractivity contribution in [3.8, 4) is 33.6 Å². The molecule has 4 N–H and O–H groups in total. The number of hydrogen-bond donors (Lipinski definition) is 4. The fourth-order valence-electron chi connectivity index (χ4n) is 5.19. The Kier molecular flexibility index (Phi) is 8.03. The summed E-state index contributed by atoms with van der Waals surface area (Å²) in [5.41, 5.74) is 7.32. The van der Waals surface area contributed by atoms with Crippen molar-refractivity contribution in [3.05, 3.63) is 73.1 Å². The van der Waals surface area contributed by atoms with Crippen LogP contribution in [0, 0.1) is 11.7 Å². The molecule has 0 atom stereocenters. The fourth-order valence-corrected chi connectivity index (χ4v) is 5.19. The standard InChI is InChI=1S/C33H34FN9O/c1-19(2)9-30(44)39-25-12-21(16-35-18-25)22-13-28-31(41-42-33(28)38-17-22)29-15-27-26(5-6-37-32(27)40-29)20-10-23(34)14-24(11-20)36-7-8-43(3)4/h5-6,10-19,36H,7-9H2,1-4H3,(H,37,40)(H,39,44)(H,38,41,42). The van der Waals surface area contributed by atoms with Crippen molar-refractivity contribution < 1.29 is 9.18 Å². The van der Waals surface area contributed by atoms with Crippen molar-refractivity contribution in [1.29, 1.82) is 0 Å². The minimum absolute atomic E-state index is 0.0495. The third kappa shape index (κ3) is 6.28. The molecule has 0 unspecified atom stereocenters. The molecular formula is C33H34FN9O. The van der Waals surface area contributed by atoms with Gasteiger partial charge in [-0.3, -0.25) is 14.9 Å². The smallest absolute Gasteiger partial charge is 0.224 e. The van der Waals surface area contributed by atoms with E-state index in [-0.39, 0.29) is 17.6 Å². The molecule has 0 spiro atoms. The van der Waals surface area contributed by atoms with Crippen molar-refractivity contribution in [2.24, 2.45) is 5.92 Å². The van der Waals surface area contributed by atoms with E-state index < -0.39 is 0 Å². The third-order valence-electron chi connectivity index (χ3n) is 7.25. The number of hydrogen-bond acceptors (Lipinski definition) is 7. The highest BCUT2D eigenvalue weighted by Gasteiger charge is 2.17. The average molecular weight is 592 g/mol. The second-order valence-electron chi connectivity index (χ2n) is 11.6. The van der Waals surface area contributed by atoms with E-state index >= 15 is 0 Å². The van der Waals surface area contributed by atoms with Gasteiger partial charge in [-0.2, -0.15) is 5.10 Å². The zero-order valence-corrected chi connectivity index (χ0v) is 25.1. The lowest BCUT2D eigenvalue weighted by Gasteiger charge is -2.13. The molecule has 5 heterocycles. The van der Waals surface area contributed by atoms with Crippen LogP contribution in [-0.2, 0) is 4.79 Å². The molecule has 11 heteroatoms. The molecule has 0 aliphatic heterocycles. The van der Waals surface area contributed by atoms with Crippen LogP contribution in [0.1, 0.15) is 20.3 Å². The lowest BCUT2D eigenvalue weighted by Crippen LogP contribution is -2.20. The first kappa shape index (κ1) is 28.9. The van der Waals surface area contributed by atoms with Gasteiger partial charge in [-0.05, 0) is 73.6 Å². The Labute approximate surface area is 254 Å². The second-order valence-corrected chi connectivity index (χ2v) is 11.6. The number of nitrogens with one attached hydrogen (secondary N) is 4. The summed E-state index contributed by atoms with van der Waals surface area (Å²) in [6.07, 6.45) is 7.27. The second kappa shape index (κ2) is 12.2. The van der Waals surface area contributed by atoms with Gasteiger partial charge in [0.1, 0.15) is 17.2 Å². The van der Waals surface area contributed by atoms with E-state index in [9.17, 15) is 9.18 Å². The van der Waals surface area contributed by atoms with Crippen molar-refractivity contribution in [1.82, 2.24) is 35.0 Å². The molecule has 44 heavy (non-hydrogen) atoms. The molecule has 0 bridgehead atoms. The Hall–Kier alpha value is -5.16. The maximum absolute atomic E-state index is 14.7. The Balaban J connectivity index is 1.33. The molecule has 0 saturated heterocycles. The molecular weight excluding hydrogens is 557 g/mol. The molecule has 0 fully saturated rings. The number of carbonyl (C=O) groups is 1. The number of halogens is 1. The number of anilines is 2. The number of aromatic nitrogens is 6. The summed E-state index contributed by atoms with van der Waals surface area (Å²) < 4.78 is 14.7. The van der Waals surface area contributed by atoms with Gasteiger partial charge >= 0.3 is 0 Å². The molecule has 10 nitrogen and oxygen atoms in total. The maximum atomic E-state index is 14.7. The normalized spacial score (nSPS) is 11.6. The molecule has 5 aromatic heterocycles. The van der Waals surface area contributed by atoms with Crippen molar-refractivity contribution in [3.63, 3.8) is 0 Å². The zero-order valence-electron chi connectivity index (χ0n) is 25.1. The monoisotopic (exact) mass is 591 g/mol. The molecule has 1 amide bonds. The van der Waals surface area contributed by atoms with Gasteiger partial charge in [-0.15, -0.1) is 0 Å². The number of nitrogens with zero attached hydrogens (tertiary/aromatic N) is 5. The number of amides is 1. The number of fused-ring (bicyclic) bond motifs is 2.